The summed E-state index contributed by atoms with van der Waals surface area (Å²) in [6, 6.07) is 10.5. The highest BCUT2D eigenvalue weighted by Gasteiger charge is 2.17. The molecule has 1 N–H and O–H groups in total. The van der Waals surface area contributed by atoms with Gasteiger partial charge in [0.15, 0.2) is 0 Å². The molecule has 4 nitrogen and oxygen atoms in total. The van der Waals surface area contributed by atoms with Crippen molar-refractivity contribution < 1.29 is 18.3 Å². The molecule has 27 heavy (non-hydrogen) atoms. The molecule has 1 aliphatic heterocycles. The fourth-order valence-electron chi connectivity index (χ4n) is 2.94. The normalized spacial score (nSPS) is 15.7. The number of anilines is 1. The van der Waals surface area contributed by atoms with Crippen LogP contribution in [0.2, 0.25) is 0 Å². The number of hydrogen-bond donors (Lipinski definition) is 1. The zero-order valence-corrected chi connectivity index (χ0v) is 15.1. The highest BCUT2D eigenvalue weighted by atomic mass is 19.1. The first-order valence-electron chi connectivity index (χ1n) is 8.89. The first-order chi connectivity index (χ1) is 13.0. The zero-order valence-electron chi connectivity index (χ0n) is 15.1. The lowest BCUT2D eigenvalue weighted by Crippen LogP contribution is -2.37. The van der Waals surface area contributed by atoms with Crippen molar-refractivity contribution in [1.82, 2.24) is 5.32 Å². The van der Waals surface area contributed by atoms with Crippen LogP contribution in [0.5, 0.6) is 0 Å². The molecule has 2 aromatic rings. The monoisotopic (exact) mass is 372 g/mol. The van der Waals surface area contributed by atoms with Crippen LogP contribution in [0.3, 0.4) is 0 Å². The Bertz CT molecular complexity index is 815. The van der Waals surface area contributed by atoms with Gasteiger partial charge < -0.3 is 15.0 Å². The molecule has 0 aromatic heterocycles. The third-order valence-corrected chi connectivity index (χ3v) is 4.48. The van der Waals surface area contributed by atoms with Crippen LogP contribution < -0.4 is 10.2 Å². The van der Waals surface area contributed by atoms with Crippen LogP contribution in [0.25, 0.3) is 6.08 Å². The average molecular weight is 372 g/mol. The lowest BCUT2D eigenvalue weighted by atomic mass is 10.1. The molecule has 2 aromatic carbocycles. The fraction of sp³-hybridized carbons (Fsp3) is 0.286. The van der Waals surface area contributed by atoms with Crippen molar-refractivity contribution in [3.05, 3.63) is 71.3 Å². The van der Waals surface area contributed by atoms with Gasteiger partial charge in [0.05, 0.1) is 24.9 Å². The maximum atomic E-state index is 14.2. The van der Waals surface area contributed by atoms with Gasteiger partial charge in [-0.05, 0) is 48.4 Å². The largest absolute Gasteiger partial charge is 0.378 e. The van der Waals surface area contributed by atoms with Crippen LogP contribution in [0.1, 0.15) is 24.1 Å². The summed E-state index contributed by atoms with van der Waals surface area (Å²) < 4.78 is 32.4. The van der Waals surface area contributed by atoms with Gasteiger partial charge in [-0.2, -0.15) is 0 Å². The second-order valence-corrected chi connectivity index (χ2v) is 6.43. The summed E-state index contributed by atoms with van der Waals surface area (Å²) >= 11 is 0. The van der Waals surface area contributed by atoms with Crippen molar-refractivity contribution in [2.24, 2.45) is 0 Å². The molecule has 1 aliphatic rings. The molecule has 1 amide bonds. The number of halogens is 2. The number of morpholine rings is 1. The number of nitrogens with zero attached hydrogens (tertiary/aromatic N) is 1. The van der Waals surface area contributed by atoms with Crippen LogP contribution in [-0.4, -0.2) is 32.2 Å². The number of carbonyl (C=O) groups is 1. The van der Waals surface area contributed by atoms with E-state index in [0.717, 1.165) is 11.1 Å². The van der Waals surface area contributed by atoms with E-state index >= 15 is 0 Å². The number of nitrogens with one attached hydrogen (secondary N) is 1. The van der Waals surface area contributed by atoms with E-state index in [0.29, 0.717) is 32.0 Å². The fourth-order valence-corrected chi connectivity index (χ4v) is 2.94. The number of rotatable bonds is 5. The van der Waals surface area contributed by atoms with Gasteiger partial charge in [-0.1, -0.05) is 18.2 Å². The van der Waals surface area contributed by atoms with Crippen LogP contribution in [0.15, 0.2) is 48.5 Å². The highest BCUT2D eigenvalue weighted by Crippen LogP contribution is 2.25. The van der Waals surface area contributed by atoms with Crippen LogP contribution >= 0.6 is 0 Å². The van der Waals surface area contributed by atoms with E-state index in [2.05, 4.69) is 5.32 Å². The lowest BCUT2D eigenvalue weighted by molar-refractivity contribution is -0.117. The SMILES string of the molecule is CC(NC(=O)/C=C\c1ccc(F)cc1)c1ccc(F)c(N2CCOCC2)c1. The van der Waals surface area contributed by atoms with E-state index in [9.17, 15) is 13.6 Å². The summed E-state index contributed by atoms with van der Waals surface area (Å²) in [5.41, 5.74) is 2.08. The smallest absolute Gasteiger partial charge is 0.244 e. The Morgan fingerprint density at radius 1 is 1.15 bits per heavy atom. The summed E-state index contributed by atoms with van der Waals surface area (Å²) in [6.07, 6.45) is 3.02. The third kappa shape index (κ3) is 5.14. The molecule has 1 saturated heterocycles. The minimum absolute atomic E-state index is 0.274. The molecule has 0 aliphatic carbocycles. The summed E-state index contributed by atoms with van der Waals surface area (Å²) in [6.45, 7) is 4.28. The third-order valence-electron chi connectivity index (χ3n) is 4.48. The number of amides is 1. The summed E-state index contributed by atoms with van der Waals surface area (Å²) in [5, 5.41) is 2.86. The van der Waals surface area contributed by atoms with Crippen LogP contribution in [0, 0.1) is 11.6 Å². The molecular formula is C21H22F2N2O2. The summed E-state index contributed by atoms with van der Waals surface area (Å²) in [7, 11) is 0. The van der Waals surface area contributed by atoms with E-state index in [4.69, 9.17) is 4.74 Å². The maximum Gasteiger partial charge on any atom is 0.244 e. The van der Waals surface area contributed by atoms with Gasteiger partial charge in [-0.15, -0.1) is 0 Å². The number of hydrogen-bond acceptors (Lipinski definition) is 3. The van der Waals surface area contributed by atoms with Gasteiger partial charge >= 0.3 is 0 Å². The van der Waals surface area contributed by atoms with E-state index in [1.54, 1.807) is 30.3 Å². The molecule has 1 fully saturated rings. The second kappa shape index (κ2) is 8.77. The predicted octanol–water partition coefficient (Wildman–Crippen LogP) is 3.69. The van der Waals surface area contributed by atoms with Crippen molar-refractivity contribution in [2.75, 3.05) is 31.2 Å². The Hall–Kier alpha value is -2.73. The van der Waals surface area contributed by atoms with E-state index in [1.165, 1.54) is 24.3 Å². The van der Waals surface area contributed by atoms with Gasteiger partial charge in [0.2, 0.25) is 5.91 Å². The Morgan fingerprint density at radius 2 is 1.85 bits per heavy atom. The van der Waals surface area contributed by atoms with Crippen LogP contribution in [-0.2, 0) is 9.53 Å². The van der Waals surface area contributed by atoms with Gasteiger partial charge in [0.1, 0.15) is 11.6 Å². The molecule has 0 bridgehead atoms. The Labute approximate surface area is 157 Å². The first-order valence-corrected chi connectivity index (χ1v) is 8.89. The molecule has 0 radical (unpaired) electrons. The average Bonchev–Trinajstić information content (AvgIpc) is 2.68. The topological polar surface area (TPSA) is 41.6 Å². The first kappa shape index (κ1) is 19.0. The van der Waals surface area contributed by atoms with E-state index < -0.39 is 0 Å². The molecule has 1 unspecified atom stereocenters. The molecule has 142 valence electrons. The van der Waals surface area contributed by atoms with Gasteiger partial charge in [0.25, 0.3) is 0 Å². The second-order valence-electron chi connectivity index (χ2n) is 6.43. The highest BCUT2D eigenvalue weighted by molar-refractivity contribution is 5.92. The lowest BCUT2D eigenvalue weighted by Gasteiger charge is -2.29. The van der Waals surface area contributed by atoms with Crippen molar-refractivity contribution in [2.45, 2.75) is 13.0 Å². The number of ether oxygens (including phenoxy) is 1. The molecule has 0 spiro atoms. The Balaban J connectivity index is 1.65. The van der Waals surface area contributed by atoms with Crippen molar-refractivity contribution in [3.63, 3.8) is 0 Å². The zero-order chi connectivity index (χ0) is 19.2. The summed E-state index contributed by atoms with van der Waals surface area (Å²) in [4.78, 5) is 14.1. The van der Waals surface area contributed by atoms with E-state index in [1.807, 2.05) is 11.8 Å². The van der Waals surface area contributed by atoms with Crippen LogP contribution in [0.4, 0.5) is 14.5 Å². The van der Waals surface area contributed by atoms with Crippen molar-refractivity contribution in [1.29, 1.82) is 0 Å². The molecule has 6 heteroatoms. The van der Waals surface area contributed by atoms with Crippen molar-refractivity contribution in [3.8, 4) is 0 Å². The molecule has 1 heterocycles. The Kier molecular flexibility index (Phi) is 6.19. The molecule has 0 saturated carbocycles. The van der Waals surface area contributed by atoms with E-state index in [-0.39, 0.29) is 23.6 Å². The molecule has 3 rings (SSSR count). The number of benzene rings is 2. The predicted molar refractivity (Wildman–Crippen MR) is 101 cm³/mol. The van der Waals surface area contributed by atoms with Gasteiger partial charge in [-0.3, -0.25) is 4.79 Å². The minimum Gasteiger partial charge on any atom is -0.378 e. The van der Waals surface area contributed by atoms with Gasteiger partial charge in [0, 0.05) is 19.2 Å². The molecular weight excluding hydrogens is 350 g/mol. The number of carbonyl (C=O) groups excluding carboxylic acids is 1. The minimum atomic E-state index is -0.322. The Morgan fingerprint density at radius 3 is 2.56 bits per heavy atom. The van der Waals surface area contributed by atoms with Crippen molar-refractivity contribution >= 4 is 17.7 Å². The molecule has 1 atom stereocenters. The van der Waals surface area contributed by atoms with Gasteiger partial charge in [-0.25, -0.2) is 8.78 Å². The quantitative estimate of drug-likeness (QED) is 0.814. The standard InChI is InChI=1S/C21H22F2N2O2/c1-15(24-21(26)9-4-16-2-6-18(22)7-3-16)17-5-8-19(23)20(14-17)25-10-12-27-13-11-25/h2-9,14-15H,10-13H2,1H3,(H,24,26)/b9-4-. The summed E-state index contributed by atoms with van der Waals surface area (Å²) in [5.74, 6) is -0.878. The maximum absolute atomic E-state index is 14.2.